The summed E-state index contributed by atoms with van der Waals surface area (Å²) in [5.74, 6) is 0.502. The standard InChI is InChI=1S/C13H19NO3S/c1-8-3-4-12(18-8)10-5-11(10)13(16)14-6-9(15)7-17-2/h3-4,9-11,15H,5-7H2,1-2H3,(H,14,16). The van der Waals surface area contributed by atoms with Crippen LogP contribution < -0.4 is 5.32 Å². The molecule has 5 heteroatoms. The Bertz CT molecular complexity index is 418. The van der Waals surface area contributed by atoms with Crippen LogP contribution in [0.5, 0.6) is 0 Å². The van der Waals surface area contributed by atoms with Gasteiger partial charge in [-0.15, -0.1) is 11.3 Å². The van der Waals surface area contributed by atoms with Gasteiger partial charge in [0.2, 0.25) is 5.91 Å². The molecule has 18 heavy (non-hydrogen) atoms. The van der Waals surface area contributed by atoms with E-state index in [9.17, 15) is 9.90 Å². The van der Waals surface area contributed by atoms with Crippen LogP contribution in [0.3, 0.4) is 0 Å². The number of carbonyl (C=O) groups is 1. The summed E-state index contributed by atoms with van der Waals surface area (Å²) in [6.45, 7) is 2.59. The van der Waals surface area contributed by atoms with E-state index < -0.39 is 6.10 Å². The average molecular weight is 269 g/mol. The molecule has 0 bridgehead atoms. The predicted octanol–water partition coefficient (Wildman–Crippen LogP) is 1.28. The minimum absolute atomic E-state index is 0.0428. The molecule has 1 aromatic heterocycles. The van der Waals surface area contributed by atoms with Gasteiger partial charge in [-0.05, 0) is 25.5 Å². The Morgan fingerprint density at radius 2 is 2.44 bits per heavy atom. The van der Waals surface area contributed by atoms with Crippen molar-refractivity contribution in [1.29, 1.82) is 0 Å². The Morgan fingerprint density at radius 3 is 3.06 bits per heavy atom. The van der Waals surface area contributed by atoms with Crippen molar-refractivity contribution >= 4 is 17.2 Å². The van der Waals surface area contributed by atoms with E-state index in [2.05, 4.69) is 24.4 Å². The largest absolute Gasteiger partial charge is 0.389 e. The van der Waals surface area contributed by atoms with Gasteiger partial charge in [-0.2, -0.15) is 0 Å². The first-order chi connectivity index (χ1) is 8.61. The maximum atomic E-state index is 11.8. The number of carbonyl (C=O) groups excluding carboxylic acids is 1. The fourth-order valence-corrected chi connectivity index (χ4v) is 3.11. The molecule has 1 amide bonds. The summed E-state index contributed by atoms with van der Waals surface area (Å²) in [5, 5.41) is 12.2. The van der Waals surface area contributed by atoms with Gasteiger partial charge in [0.15, 0.2) is 0 Å². The van der Waals surface area contributed by atoms with Crippen LogP contribution in [0, 0.1) is 12.8 Å². The first-order valence-electron chi connectivity index (χ1n) is 6.13. The Kier molecular flexibility index (Phi) is 4.37. The first-order valence-corrected chi connectivity index (χ1v) is 6.94. The van der Waals surface area contributed by atoms with Crippen molar-refractivity contribution < 1.29 is 14.6 Å². The van der Waals surface area contributed by atoms with Gasteiger partial charge in [0.25, 0.3) is 0 Å². The van der Waals surface area contributed by atoms with Gasteiger partial charge >= 0.3 is 0 Å². The van der Waals surface area contributed by atoms with E-state index in [0.717, 1.165) is 6.42 Å². The molecule has 2 N–H and O–H groups in total. The zero-order valence-electron chi connectivity index (χ0n) is 10.7. The topological polar surface area (TPSA) is 58.6 Å². The van der Waals surface area contributed by atoms with Crippen LogP contribution in [0.15, 0.2) is 12.1 Å². The highest BCUT2D eigenvalue weighted by atomic mass is 32.1. The summed E-state index contributed by atoms with van der Waals surface area (Å²) < 4.78 is 4.81. The number of methoxy groups -OCH3 is 1. The summed E-state index contributed by atoms with van der Waals surface area (Å²) in [6, 6.07) is 4.20. The highest BCUT2D eigenvalue weighted by Crippen LogP contribution is 2.49. The van der Waals surface area contributed by atoms with Gasteiger partial charge in [0.05, 0.1) is 12.7 Å². The quantitative estimate of drug-likeness (QED) is 0.818. The summed E-state index contributed by atoms with van der Waals surface area (Å²) in [5.41, 5.74) is 0. The SMILES string of the molecule is COCC(O)CNC(=O)C1CC1c1ccc(C)s1. The third-order valence-corrected chi connectivity index (χ3v) is 4.26. The Balaban J connectivity index is 1.76. The number of nitrogens with one attached hydrogen (secondary N) is 1. The molecule has 2 rings (SSSR count). The van der Waals surface area contributed by atoms with E-state index in [4.69, 9.17) is 4.74 Å². The predicted molar refractivity (Wildman–Crippen MR) is 70.8 cm³/mol. The number of thiophene rings is 1. The number of aliphatic hydroxyl groups excluding tert-OH is 1. The molecule has 1 aliphatic carbocycles. The van der Waals surface area contributed by atoms with Crippen LogP contribution in [-0.4, -0.2) is 37.4 Å². The van der Waals surface area contributed by atoms with Crippen molar-refractivity contribution in [3.63, 3.8) is 0 Å². The number of aryl methyl sites for hydroxylation is 1. The maximum absolute atomic E-state index is 11.8. The van der Waals surface area contributed by atoms with Crippen LogP contribution in [-0.2, 0) is 9.53 Å². The number of ether oxygens (including phenoxy) is 1. The van der Waals surface area contributed by atoms with Crippen LogP contribution >= 0.6 is 11.3 Å². The number of aliphatic hydroxyl groups is 1. The first kappa shape index (κ1) is 13.5. The lowest BCUT2D eigenvalue weighted by Gasteiger charge is -2.10. The lowest BCUT2D eigenvalue weighted by Crippen LogP contribution is -2.35. The molecule has 0 aliphatic heterocycles. The third kappa shape index (κ3) is 3.31. The van der Waals surface area contributed by atoms with Crippen molar-refractivity contribution in [1.82, 2.24) is 5.32 Å². The second-order valence-corrected chi connectivity index (χ2v) is 6.07. The second-order valence-electron chi connectivity index (χ2n) is 4.75. The number of hydrogen-bond acceptors (Lipinski definition) is 4. The monoisotopic (exact) mass is 269 g/mol. The van der Waals surface area contributed by atoms with Gasteiger partial charge in [-0.25, -0.2) is 0 Å². The molecule has 0 saturated heterocycles. The molecule has 1 saturated carbocycles. The molecule has 0 aromatic carbocycles. The van der Waals surface area contributed by atoms with E-state index in [1.54, 1.807) is 11.3 Å². The molecule has 0 spiro atoms. The average Bonchev–Trinajstić information content (AvgIpc) is 3.03. The van der Waals surface area contributed by atoms with E-state index in [1.807, 2.05) is 0 Å². The summed E-state index contributed by atoms with van der Waals surface area (Å²) in [4.78, 5) is 14.4. The fourth-order valence-electron chi connectivity index (χ4n) is 2.05. The molecule has 1 heterocycles. The molecule has 3 atom stereocenters. The summed E-state index contributed by atoms with van der Waals surface area (Å²) >= 11 is 1.76. The molecule has 3 unspecified atom stereocenters. The fraction of sp³-hybridized carbons (Fsp3) is 0.615. The molecular formula is C13H19NO3S. The molecule has 1 aliphatic rings. The normalized spacial score (nSPS) is 23.7. The van der Waals surface area contributed by atoms with Crippen molar-refractivity contribution in [2.75, 3.05) is 20.3 Å². The third-order valence-electron chi connectivity index (χ3n) is 3.12. The lowest BCUT2D eigenvalue weighted by atomic mass is 10.2. The lowest BCUT2D eigenvalue weighted by molar-refractivity contribution is -0.123. The Hall–Kier alpha value is -0.910. The Morgan fingerprint density at radius 1 is 1.67 bits per heavy atom. The van der Waals surface area contributed by atoms with Gasteiger partial charge < -0.3 is 15.2 Å². The van der Waals surface area contributed by atoms with E-state index in [0.29, 0.717) is 5.92 Å². The van der Waals surface area contributed by atoms with Crippen molar-refractivity contribution in [3.05, 3.63) is 21.9 Å². The smallest absolute Gasteiger partial charge is 0.223 e. The molecule has 100 valence electrons. The molecule has 1 fully saturated rings. The van der Waals surface area contributed by atoms with Crippen LogP contribution in [0.1, 0.15) is 22.1 Å². The minimum atomic E-state index is -0.625. The van der Waals surface area contributed by atoms with Crippen LogP contribution in [0.25, 0.3) is 0 Å². The van der Waals surface area contributed by atoms with Crippen LogP contribution in [0.4, 0.5) is 0 Å². The van der Waals surface area contributed by atoms with Gasteiger partial charge in [0.1, 0.15) is 0 Å². The maximum Gasteiger partial charge on any atom is 0.223 e. The number of amides is 1. The Labute approximate surface area is 111 Å². The van der Waals surface area contributed by atoms with Gasteiger partial charge in [-0.3, -0.25) is 4.79 Å². The van der Waals surface area contributed by atoms with Crippen molar-refractivity contribution in [3.8, 4) is 0 Å². The zero-order valence-corrected chi connectivity index (χ0v) is 11.5. The zero-order chi connectivity index (χ0) is 13.1. The molecular weight excluding hydrogens is 250 g/mol. The summed E-state index contributed by atoms with van der Waals surface area (Å²) in [6.07, 6.45) is 0.298. The molecule has 4 nitrogen and oxygen atoms in total. The second kappa shape index (κ2) is 5.82. The van der Waals surface area contributed by atoms with Crippen molar-refractivity contribution in [2.24, 2.45) is 5.92 Å². The molecule has 1 aromatic rings. The van der Waals surface area contributed by atoms with Gasteiger partial charge in [0, 0.05) is 35.2 Å². The number of hydrogen-bond donors (Lipinski definition) is 2. The van der Waals surface area contributed by atoms with Crippen molar-refractivity contribution in [2.45, 2.75) is 25.4 Å². The van der Waals surface area contributed by atoms with Gasteiger partial charge in [-0.1, -0.05) is 0 Å². The number of rotatable bonds is 6. The highest BCUT2D eigenvalue weighted by molar-refractivity contribution is 7.12. The van der Waals surface area contributed by atoms with E-state index in [1.165, 1.54) is 16.9 Å². The minimum Gasteiger partial charge on any atom is -0.389 e. The van der Waals surface area contributed by atoms with E-state index >= 15 is 0 Å². The summed E-state index contributed by atoms with van der Waals surface area (Å²) in [7, 11) is 1.53. The van der Waals surface area contributed by atoms with Crippen LogP contribution in [0.2, 0.25) is 0 Å². The highest BCUT2D eigenvalue weighted by Gasteiger charge is 2.44. The molecule has 0 radical (unpaired) electrons. The van der Waals surface area contributed by atoms with E-state index in [-0.39, 0.29) is 25.0 Å².